The van der Waals surface area contributed by atoms with Gasteiger partial charge in [0.05, 0.1) is 28.7 Å². The molecule has 0 saturated carbocycles. The summed E-state index contributed by atoms with van der Waals surface area (Å²) in [6.07, 6.45) is 3.19. The maximum Gasteiger partial charge on any atom is 0.338 e. The molecule has 2 aromatic heterocycles. The molecular formula is C22H19ClN2O5S. The smallest absolute Gasteiger partial charge is 0.338 e. The first-order valence-corrected chi connectivity index (χ1v) is 10.7. The van der Waals surface area contributed by atoms with Crippen LogP contribution in [0.2, 0.25) is 5.02 Å². The Hall–Kier alpha value is -2.94. The minimum Gasteiger partial charge on any atom is -0.465 e. The number of hydrogen-bond acceptors (Lipinski definition) is 7. The van der Waals surface area contributed by atoms with E-state index in [0.29, 0.717) is 31.4 Å². The summed E-state index contributed by atoms with van der Waals surface area (Å²) in [6, 6.07) is 9.85. The lowest BCUT2D eigenvalue weighted by Gasteiger charge is -2.25. The van der Waals surface area contributed by atoms with Crippen molar-refractivity contribution in [2.45, 2.75) is 13.0 Å². The first kappa shape index (κ1) is 21.3. The predicted octanol–water partition coefficient (Wildman–Crippen LogP) is 2.67. The fraction of sp³-hybridized carbons (Fsp3) is 0.227. The summed E-state index contributed by atoms with van der Waals surface area (Å²) < 4.78 is 17.6. The largest absolute Gasteiger partial charge is 0.465 e. The normalized spacial score (nSPS) is 16.2. The third-order valence-corrected chi connectivity index (χ3v) is 6.11. The summed E-state index contributed by atoms with van der Waals surface area (Å²) in [6.45, 7) is 2.07. The van der Waals surface area contributed by atoms with Crippen molar-refractivity contribution in [1.82, 2.24) is 4.57 Å². The average Bonchev–Trinajstić information content (AvgIpc) is 3.36. The molecule has 3 aromatic rings. The number of ether oxygens (including phenoxy) is 2. The molecule has 1 aliphatic heterocycles. The van der Waals surface area contributed by atoms with Gasteiger partial charge in [0, 0.05) is 18.2 Å². The molecule has 1 aromatic carbocycles. The van der Waals surface area contributed by atoms with Crippen LogP contribution in [0.15, 0.2) is 68.1 Å². The summed E-state index contributed by atoms with van der Waals surface area (Å²) in [7, 11) is 1.52. The van der Waals surface area contributed by atoms with E-state index in [4.69, 9.17) is 25.5 Å². The second kappa shape index (κ2) is 9.05. The van der Waals surface area contributed by atoms with Crippen molar-refractivity contribution in [2.24, 2.45) is 4.99 Å². The van der Waals surface area contributed by atoms with Crippen molar-refractivity contribution in [3.05, 3.63) is 90.0 Å². The van der Waals surface area contributed by atoms with Crippen molar-refractivity contribution in [3.63, 3.8) is 0 Å². The van der Waals surface area contributed by atoms with E-state index < -0.39 is 12.0 Å². The molecule has 0 aliphatic carbocycles. The van der Waals surface area contributed by atoms with Gasteiger partial charge in [0.1, 0.15) is 18.4 Å². The van der Waals surface area contributed by atoms with E-state index in [2.05, 4.69) is 4.99 Å². The maximum absolute atomic E-state index is 13.4. The zero-order chi connectivity index (χ0) is 22.0. The molecule has 0 saturated heterocycles. The molecule has 0 radical (unpaired) electrons. The lowest BCUT2D eigenvalue weighted by molar-refractivity contribution is -0.140. The van der Waals surface area contributed by atoms with Crippen LogP contribution in [0.25, 0.3) is 6.08 Å². The Kier molecular flexibility index (Phi) is 6.22. The Bertz CT molecular complexity index is 1320. The Morgan fingerprint density at radius 3 is 2.81 bits per heavy atom. The van der Waals surface area contributed by atoms with Gasteiger partial charge >= 0.3 is 5.97 Å². The van der Waals surface area contributed by atoms with Gasteiger partial charge in [-0.05, 0) is 30.7 Å². The number of nitrogens with zero attached hydrogens (tertiary/aromatic N) is 2. The molecule has 0 unspecified atom stereocenters. The number of carbonyl (C=O) groups is 1. The van der Waals surface area contributed by atoms with Crippen molar-refractivity contribution < 1.29 is 18.7 Å². The third kappa shape index (κ3) is 4.14. The van der Waals surface area contributed by atoms with Gasteiger partial charge in [-0.25, -0.2) is 9.79 Å². The van der Waals surface area contributed by atoms with Gasteiger partial charge in [-0.2, -0.15) is 0 Å². The fourth-order valence-corrected chi connectivity index (χ4v) is 4.64. The summed E-state index contributed by atoms with van der Waals surface area (Å²) in [5, 5.41) is 0.435. The summed E-state index contributed by atoms with van der Waals surface area (Å²) in [5.74, 6) is -0.0157. The Labute approximate surface area is 186 Å². The number of hydrogen-bond donors (Lipinski definition) is 0. The highest BCUT2D eigenvalue weighted by molar-refractivity contribution is 7.07. The molecule has 0 spiro atoms. The second-order valence-corrected chi connectivity index (χ2v) is 8.16. The number of furan rings is 1. The van der Waals surface area contributed by atoms with Crippen LogP contribution >= 0.6 is 22.9 Å². The quantitative estimate of drug-likeness (QED) is 0.419. The molecule has 1 atom stereocenters. The number of thiazole rings is 1. The number of fused-ring (bicyclic) bond motifs is 1. The molecule has 0 fully saturated rings. The van der Waals surface area contributed by atoms with Crippen LogP contribution in [0, 0.1) is 0 Å². The fourth-order valence-electron chi connectivity index (χ4n) is 3.37. The molecule has 4 rings (SSSR count). The number of carbonyl (C=O) groups excluding carboxylic acids is 1. The minimum atomic E-state index is -0.765. The van der Waals surface area contributed by atoms with Gasteiger partial charge in [-0.1, -0.05) is 41.1 Å². The molecule has 1 aliphatic rings. The molecule has 9 heteroatoms. The van der Waals surface area contributed by atoms with Crippen LogP contribution in [0.5, 0.6) is 0 Å². The number of benzene rings is 1. The summed E-state index contributed by atoms with van der Waals surface area (Å²) in [4.78, 5) is 31.4. The number of rotatable bonds is 6. The highest BCUT2D eigenvalue weighted by Crippen LogP contribution is 2.34. The van der Waals surface area contributed by atoms with Crippen molar-refractivity contribution in [3.8, 4) is 0 Å². The van der Waals surface area contributed by atoms with Gasteiger partial charge in [0.15, 0.2) is 4.80 Å². The number of methoxy groups -OCH3 is 1. The number of allylic oxidation sites excluding steroid dienone is 1. The van der Waals surface area contributed by atoms with Crippen LogP contribution in [0.3, 0.4) is 0 Å². The van der Waals surface area contributed by atoms with E-state index in [9.17, 15) is 9.59 Å². The minimum absolute atomic E-state index is 0.0876. The molecule has 31 heavy (non-hydrogen) atoms. The van der Waals surface area contributed by atoms with Crippen molar-refractivity contribution in [1.29, 1.82) is 0 Å². The molecular weight excluding hydrogens is 440 g/mol. The first-order valence-electron chi connectivity index (χ1n) is 9.48. The SMILES string of the molecule is COCCOC(=O)C1=C(C)N=c2sc(=Cc3ccco3)c(=O)n2[C@@H]1c1ccccc1Cl. The van der Waals surface area contributed by atoms with Crippen molar-refractivity contribution >= 4 is 35.0 Å². The van der Waals surface area contributed by atoms with E-state index in [1.165, 1.54) is 29.3 Å². The van der Waals surface area contributed by atoms with Crippen LogP contribution in [0.1, 0.15) is 24.3 Å². The van der Waals surface area contributed by atoms with Gasteiger partial charge in [0.2, 0.25) is 0 Å². The standard InChI is InChI=1S/C22H19ClN2O5S/c1-13-18(21(27)30-11-10-28-2)19(15-7-3-4-8-16(15)23)25-20(26)17(31-22(25)24-13)12-14-6-5-9-29-14/h3-9,12,19H,10-11H2,1-2H3/t19-/m1/s1. The van der Waals surface area contributed by atoms with E-state index in [1.54, 1.807) is 43.3 Å². The van der Waals surface area contributed by atoms with Gasteiger partial charge in [-0.3, -0.25) is 9.36 Å². The second-order valence-electron chi connectivity index (χ2n) is 6.75. The maximum atomic E-state index is 13.4. The molecule has 0 N–H and O–H groups in total. The van der Waals surface area contributed by atoms with Gasteiger partial charge in [0.25, 0.3) is 5.56 Å². The highest BCUT2D eigenvalue weighted by atomic mass is 35.5. The summed E-state index contributed by atoms with van der Waals surface area (Å²) >= 11 is 7.71. The van der Waals surface area contributed by atoms with Crippen LogP contribution < -0.4 is 14.9 Å². The van der Waals surface area contributed by atoms with E-state index in [1.807, 2.05) is 6.07 Å². The molecule has 0 bridgehead atoms. The van der Waals surface area contributed by atoms with Crippen LogP contribution in [-0.4, -0.2) is 30.9 Å². The lowest BCUT2D eigenvalue weighted by atomic mass is 9.96. The van der Waals surface area contributed by atoms with Crippen molar-refractivity contribution in [2.75, 3.05) is 20.3 Å². The molecule has 3 heterocycles. The average molecular weight is 459 g/mol. The Morgan fingerprint density at radius 1 is 1.29 bits per heavy atom. The first-order chi connectivity index (χ1) is 15.0. The van der Waals surface area contributed by atoms with E-state index >= 15 is 0 Å². The highest BCUT2D eigenvalue weighted by Gasteiger charge is 2.34. The molecule has 160 valence electrons. The Balaban J connectivity index is 1.91. The monoisotopic (exact) mass is 458 g/mol. The Morgan fingerprint density at radius 2 is 2.10 bits per heavy atom. The number of halogens is 1. The van der Waals surface area contributed by atoms with Crippen LogP contribution in [-0.2, 0) is 14.3 Å². The third-order valence-electron chi connectivity index (χ3n) is 4.78. The van der Waals surface area contributed by atoms with Crippen LogP contribution in [0.4, 0.5) is 0 Å². The van der Waals surface area contributed by atoms with Gasteiger partial charge in [-0.15, -0.1) is 0 Å². The van der Waals surface area contributed by atoms with E-state index in [0.717, 1.165) is 0 Å². The topological polar surface area (TPSA) is 83.0 Å². The summed E-state index contributed by atoms with van der Waals surface area (Å²) in [5.41, 5.74) is 1.06. The molecule has 7 nitrogen and oxygen atoms in total. The zero-order valence-corrected chi connectivity index (χ0v) is 18.4. The number of esters is 1. The van der Waals surface area contributed by atoms with E-state index in [-0.39, 0.29) is 24.3 Å². The lowest BCUT2D eigenvalue weighted by Crippen LogP contribution is -2.40. The predicted molar refractivity (Wildman–Crippen MR) is 117 cm³/mol. The zero-order valence-electron chi connectivity index (χ0n) is 16.8. The molecule has 0 amide bonds. The van der Waals surface area contributed by atoms with Gasteiger partial charge < -0.3 is 13.9 Å². The number of aromatic nitrogens is 1.